The average Bonchev–Trinajstić information content (AvgIpc) is 2.49. The van der Waals surface area contributed by atoms with Gasteiger partial charge in [-0.2, -0.15) is 5.26 Å². The minimum atomic E-state index is -0.565. The van der Waals surface area contributed by atoms with Crippen molar-refractivity contribution in [2.24, 2.45) is 0 Å². The highest BCUT2D eigenvalue weighted by Crippen LogP contribution is 2.22. The van der Waals surface area contributed by atoms with Crippen molar-refractivity contribution in [2.75, 3.05) is 13.2 Å². The van der Waals surface area contributed by atoms with Gasteiger partial charge in [-0.05, 0) is 44.9 Å². The predicted octanol–water partition coefficient (Wildman–Crippen LogP) is 3.80. The summed E-state index contributed by atoms with van der Waals surface area (Å²) >= 11 is 5.92. The maximum atomic E-state index is 12.6. The van der Waals surface area contributed by atoms with Gasteiger partial charge in [-0.3, -0.25) is 4.90 Å². The van der Waals surface area contributed by atoms with Crippen molar-refractivity contribution in [1.82, 2.24) is 4.90 Å². The zero-order chi connectivity index (χ0) is 17.7. The molecule has 1 heterocycles. The molecule has 0 radical (unpaired) electrons. The number of nitriles is 1. The van der Waals surface area contributed by atoms with E-state index in [2.05, 4.69) is 6.07 Å². The monoisotopic (exact) mass is 350 g/mol. The van der Waals surface area contributed by atoms with E-state index in [9.17, 15) is 4.79 Å². The smallest absolute Gasteiger partial charge is 0.410 e. The lowest BCUT2D eigenvalue weighted by atomic mass is 10.0. The normalized spacial score (nSPS) is 21.2. The Labute approximate surface area is 148 Å². The molecular formula is C18H23ClN2O3. The second kappa shape index (κ2) is 7.87. The molecule has 5 nitrogen and oxygen atoms in total. The molecule has 0 aromatic heterocycles. The van der Waals surface area contributed by atoms with Crippen molar-refractivity contribution in [3.63, 3.8) is 0 Å². The van der Waals surface area contributed by atoms with Crippen LogP contribution in [0.4, 0.5) is 4.79 Å². The number of halogens is 1. The molecule has 1 aliphatic heterocycles. The number of amides is 1. The van der Waals surface area contributed by atoms with E-state index in [1.54, 1.807) is 4.90 Å². The van der Waals surface area contributed by atoms with E-state index in [1.165, 1.54) is 0 Å². The summed E-state index contributed by atoms with van der Waals surface area (Å²) < 4.78 is 11.3. The molecule has 1 amide bonds. The first-order chi connectivity index (χ1) is 11.3. The lowest BCUT2D eigenvalue weighted by Crippen LogP contribution is -2.54. The van der Waals surface area contributed by atoms with Crippen LogP contribution in [0.5, 0.6) is 0 Å². The summed E-state index contributed by atoms with van der Waals surface area (Å²) in [6, 6.07) is 9.51. The highest BCUT2D eigenvalue weighted by molar-refractivity contribution is 6.30. The third kappa shape index (κ3) is 5.40. The van der Waals surface area contributed by atoms with E-state index in [-0.39, 0.29) is 24.7 Å². The van der Waals surface area contributed by atoms with E-state index < -0.39 is 5.60 Å². The molecule has 24 heavy (non-hydrogen) atoms. The van der Waals surface area contributed by atoms with Crippen molar-refractivity contribution in [2.45, 2.75) is 51.4 Å². The molecule has 6 heteroatoms. The Hall–Kier alpha value is -1.77. The van der Waals surface area contributed by atoms with Crippen LogP contribution >= 0.6 is 11.6 Å². The van der Waals surface area contributed by atoms with Crippen molar-refractivity contribution in [1.29, 1.82) is 5.26 Å². The van der Waals surface area contributed by atoms with Crippen LogP contribution in [0.15, 0.2) is 24.3 Å². The highest BCUT2D eigenvalue weighted by Gasteiger charge is 2.34. The van der Waals surface area contributed by atoms with Crippen LogP contribution in [-0.2, 0) is 15.9 Å². The second-order valence-corrected chi connectivity index (χ2v) is 7.37. The summed E-state index contributed by atoms with van der Waals surface area (Å²) in [4.78, 5) is 14.2. The molecular weight excluding hydrogens is 328 g/mol. The fraction of sp³-hybridized carbons (Fsp3) is 0.556. The molecule has 1 aromatic carbocycles. The number of benzene rings is 1. The second-order valence-electron chi connectivity index (χ2n) is 6.93. The Morgan fingerprint density at radius 2 is 2.08 bits per heavy atom. The minimum Gasteiger partial charge on any atom is -0.444 e. The number of ether oxygens (including phenoxy) is 2. The number of nitrogens with zero attached hydrogens (tertiary/aromatic N) is 2. The Morgan fingerprint density at radius 1 is 1.42 bits per heavy atom. The maximum absolute atomic E-state index is 12.6. The summed E-state index contributed by atoms with van der Waals surface area (Å²) in [6.07, 6.45) is 0.263. The van der Waals surface area contributed by atoms with E-state index >= 15 is 0 Å². The first-order valence-electron chi connectivity index (χ1n) is 8.01. The zero-order valence-corrected chi connectivity index (χ0v) is 15.0. The summed E-state index contributed by atoms with van der Waals surface area (Å²) in [6.45, 7) is 6.26. The molecule has 2 rings (SSSR count). The number of rotatable bonds is 3. The quantitative estimate of drug-likeness (QED) is 0.831. The van der Waals surface area contributed by atoms with Gasteiger partial charge in [0.15, 0.2) is 0 Å². The van der Waals surface area contributed by atoms with Gasteiger partial charge in [-0.15, -0.1) is 0 Å². The number of carbonyl (C=O) groups excluding carboxylic acids is 1. The van der Waals surface area contributed by atoms with Crippen molar-refractivity contribution in [3.8, 4) is 6.07 Å². The van der Waals surface area contributed by atoms with E-state index in [0.717, 1.165) is 5.56 Å². The summed E-state index contributed by atoms with van der Waals surface area (Å²) in [7, 11) is 0. The minimum absolute atomic E-state index is 0.129. The standard InChI is InChI=1S/C18H23ClN2O3/c1-18(2,3)24-17(22)21-11-16(8-9-20)23-12-15(21)10-13-4-6-14(19)7-5-13/h4-7,15-16H,8,10-12H2,1-3H3. The molecule has 0 spiro atoms. The molecule has 0 bridgehead atoms. The molecule has 2 atom stereocenters. The molecule has 1 fully saturated rings. The van der Waals surface area contributed by atoms with Crippen LogP contribution in [0.2, 0.25) is 5.02 Å². The van der Waals surface area contributed by atoms with E-state index in [1.807, 2.05) is 45.0 Å². The zero-order valence-electron chi connectivity index (χ0n) is 14.3. The van der Waals surface area contributed by atoms with Gasteiger partial charge in [-0.25, -0.2) is 4.79 Å². The van der Waals surface area contributed by atoms with Crippen molar-refractivity contribution >= 4 is 17.7 Å². The summed E-state index contributed by atoms with van der Waals surface area (Å²) in [5.41, 5.74) is 0.505. The van der Waals surface area contributed by atoms with Gasteiger partial charge in [0.05, 0.1) is 37.8 Å². The van der Waals surface area contributed by atoms with E-state index in [4.69, 9.17) is 26.3 Å². The van der Waals surface area contributed by atoms with Gasteiger partial charge in [0.1, 0.15) is 5.60 Å². The maximum Gasteiger partial charge on any atom is 0.410 e. The van der Waals surface area contributed by atoms with Crippen LogP contribution in [0, 0.1) is 11.3 Å². The Balaban J connectivity index is 2.12. The third-order valence-corrected chi connectivity index (χ3v) is 3.95. The molecule has 1 aliphatic rings. The SMILES string of the molecule is CC(C)(C)OC(=O)N1CC(CC#N)OCC1Cc1ccc(Cl)cc1. The van der Waals surface area contributed by atoms with Crippen LogP contribution in [0.3, 0.4) is 0 Å². The number of hydrogen-bond acceptors (Lipinski definition) is 4. The highest BCUT2D eigenvalue weighted by atomic mass is 35.5. The summed E-state index contributed by atoms with van der Waals surface area (Å²) in [5.74, 6) is 0. The number of carbonyl (C=O) groups is 1. The van der Waals surface area contributed by atoms with E-state index in [0.29, 0.717) is 24.6 Å². The molecule has 0 aliphatic carbocycles. The Morgan fingerprint density at radius 3 is 2.67 bits per heavy atom. The van der Waals surface area contributed by atoms with Crippen molar-refractivity contribution < 1.29 is 14.3 Å². The van der Waals surface area contributed by atoms with Crippen molar-refractivity contribution in [3.05, 3.63) is 34.9 Å². The lowest BCUT2D eigenvalue weighted by Gasteiger charge is -2.39. The number of morpholine rings is 1. The molecule has 0 saturated carbocycles. The molecule has 130 valence electrons. The average molecular weight is 351 g/mol. The third-order valence-electron chi connectivity index (χ3n) is 3.70. The lowest BCUT2D eigenvalue weighted by molar-refractivity contribution is -0.0675. The Kier molecular flexibility index (Phi) is 6.09. The Bertz CT molecular complexity index is 604. The molecule has 1 aromatic rings. The number of hydrogen-bond donors (Lipinski definition) is 0. The molecule has 0 N–H and O–H groups in total. The molecule has 1 saturated heterocycles. The first kappa shape index (κ1) is 18.6. The van der Waals surface area contributed by atoms with Gasteiger partial charge < -0.3 is 9.47 Å². The van der Waals surface area contributed by atoms with Gasteiger partial charge in [-0.1, -0.05) is 23.7 Å². The van der Waals surface area contributed by atoms with Crippen LogP contribution < -0.4 is 0 Å². The predicted molar refractivity (Wildman–Crippen MR) is 91.9 cm³/mol. The van der Waals surface area contributed by atoms with Crippen LogP contribution in [0.25, 0.3) is 0 Å². The van der Waals surface area contributed by atoms with Crippen LogP contribution in [-0.4, -0.2) is 41.9 Å². The first-order valence-corrected chi connectivity index (χ1v) is 8.39. The van der Waals surface area contributed by atoms with Gasteiger partial charge in [0.2, 0.25) is 0 Å². The van der Waals surface area contributed by atoms with Crippen LogP contribution in [0.1, 0.15) is 32.8 Å². The van der Waals surface area contributed by atoms with Gasteiger partial charge in [0.25, 0.3) is 0 Å². The largest absolute Gasteiger partial charge is 0.444 e. The topological polar surface area (TPSA) is 62.6 Å². The fourth-order valence-corrected chi connectivity index (χ4v) is 2.72. The molecule has 2 unspecified atom stereocenters. The van der Waals surface area contributed by atoms with Gasteiger partial charge in [0, 0.05) is 5.02 Å². The summed E-state index contributed by atoms with van der Waals surface area (Å²) in [5, 5.41) is 9.56. The van der Waals surface area contributed by atoms with Gasteiger partial charge >= 0.3 is 6.09 Å². The fourth-order valence-electron chi connectivity index (χ4n) is 2.59.